The van der Waals surface area contributed by atoms with Crippen LogP contribution in [0, 0.1) is 4.77 Å². The number of nitrogens with one attached hydrogen (secondary N) is 2. The third-order valence-electron chi connectivity index (χ3n) is 1.20. The van der Waals surface area contributed by atoms with Crippen LogP contribution in [0.5, 0.6) is 0 Å². The lowest BCUT2D eigenvalue weighted by Gasteiger charge is -1.92. The van der Waals surface area contributed by atoms with Gasteiger partial charge in [-0.1, -0.05) is 6.92 Å². The van der Waals surface area contributed by atoms with Crippen LogP contribution in [-0.4, -0.2) is 9.97 Å². The number of aryl methyl sites for hydroxylation is 1. The van der Waals surface area contributed by atoms with Gasteiger partial charge in [0.2, 0.25) is 0 Å². The fourth-order valence-corrected chi connectivity index (χ4v) is 0.942. The highest BCUT2D eigenvalue weighted by molar-refractivity contribution is 7.71. The monoisotopic (exact) mass is 156 g/mol. The van der Waals surface area contributed by atoms with Crippen LogP contribution in [0.25, 0.3) is 0 Å². The van der Waals surface area contributed by atoms with Gasteiger partial charge in [0.1, 0.15) is 0 Å². The van der Waals surface area contributed by atoms with Crippen LogP contribution >= 0.6 is 12.2 Å². The molecular formula is C6H8N2OS. The van der Waals surface area contributed by atoms with Crippen LogP contribution in [0.1, 0.15) is 12.6 Å². The van der Waals surface area contributed by atoms with Crippen molar-refractivity contribution in [3.8, 4) is 0 Å². The van der Waals surface area contributed by atoms with Gasteiger partial charge in [0.25, 0.3) is 5.56 Å². The first kappa shape index (κ1) is 7.21. The summed E-state index contributed by atoms with van der Waals surface area (Å²) in [6.45, 7) is 1.96. The summed E-state index contributed by atoms with van der Waals surface area (Å²) in [4.78, 5) is 16.0. The third kappa shape index (κ3) is 1.54. The van der Waals surface area contributed by atoms with Gasteiger partial charge in [-0.2, -0.15) is 0 Å². The van der Waals surface area contributed by atoms with Crippen molar-refractivity contribution >= 4 is 12.2 Å². The highest BCUT2D eigenvalue weighted by atomic mass is 32.1. The minimum absolute atomic E-state index is 0.138. The molecule has 0 bridgehead atoms. The summed E-state index contributed by atoms with van der Waals surface area (Å²) in [5, 5.41) is 0. The van der Waals surface area contributed by atoms with Gasteiger partial charge in [-0.05, 0) is 18.6 Å². The molecule has 1 rings (SSSR count). The van der Waals surface area contributed by atoms with Crippen LogP contribution in [0.2, 0.25) is 0 Å². The summed E-state index contributed by atoms with van der Waals surface area (Å²) >= 11 is 4.74. The number of rotatable bonds is 1. The van der Waals surface area contributed by atoms with Crippen molar-refractivity contribution < 1.29 is 0 Å². The molecule has 0 saturated heterocycles. The molecule has 3 nitrogen and oxygen atoms in total. The second kappa shape index (κ2) is 2.79. The molecule has 2 N–H and O–H groups in total. The Morgan fingerprint density at radius 3 is 2.80 bits per heavy atom. The topological polar surface area (TPSA) is 48.6 Å². The standard InChI is InChI=1S/C6H8N2OS/c1-2-4-3-5(9)8-6(10)7-4/h3H,2H2,1H3,(H2,7,8,9,10). The van der Waals surface area contributed by atoms with Gasteiger partial charge in [-0.15, -0.1) is 0 Å². The lowest BCUT2D eigenvalue weighted by Crippen LogP contribution is -2.07. The first-order valence-electron chi connectivity index (χ1n) is 3.05. The molecule has 0 aliphatic rings. The van der Waals surface area contributed by atoms with Crippen LogP contribution in [0.3, 0.4) is 0 Å². The SMILES string of the molecule is CCc1cc(=O)[nH]c(=S)[nH]1. The quantitative estimate of drug-likeness (QED) is 0.596. The molecule has 10 heavy (non-hydrogen) atoms. The maximum absolute atomic E-state index is 10.7. The van der Waals surface area contributed by atoms with E-state index in [9.17, 15) is 4.79 Å². The number of H-pyrrole nitrogens is 2. The van der Waals surface area contributed by atoms with E-state index in [2.05, 4.69) is 9.97 Å². The van der Waals surface area contributed by atoms with Crippen LogP contribution in [0.15, 0.2) is 10.9 Å². The van der Waals surface area contributed by atoms with E-state index < -0.39 is 0 Å². The molecule has 1 heterocycles. The second-order valence-corrected chi connectivity index (χ2v) is 2.37. The largest absolute Gasteiger partial charge is 0.336 e. The fourth-order valence-electron chi connectivity index (χ4n) is 0.710. The molecule has 0 unspecified atom stereocenters. The predicted octanol–water partition coefficient (Wildman–Crippen LogP) is 0.995. The molecule has 0 saturated carbocycles. The molecule has 0 spiro atoms. The van der Waals surface area contributed by atoms with E-state index in [1.807, 2.05) is 6.92 Å². The molecule has 0 fully saturated rings. The molecule has 0 amide bonds. The number of hydrogen-bond donors (Lipinski definition) is 2. The maximum atomic E-state index is 10.7. The van der Waals surface area contributed by atoms with Crippen molar-refractivity contribution in [2.75, 3.05) is 0 Å². The van der Waals surface area contributed by atoms with Crippen molar-refractivity contribution in [3.05, 3.63) is 26.9 Å². The Kier molecular flexibility index (Phi) is 2.01. The van der Waals surface area contributed by atoms with Gasteiger partial charge < -0.3 is 4.98 Å². The summed E-state index contributed by atoms with van der Waals surface area (Å²) in [6.07, 6.45) is 0.799. The normalized spacial score (nSPS) is 9.70. The molecule has 0 atom stereocenters. The Hall–Kier alpha value is -0.900. The van der Waals surface area contributed by atoms with Gasteiger partial charge in [0, 0.05) is 11.8 Å². The highest BCUT2D eigenvalue weighted by Gasteiger charge is 1.88. The van der Waals surface area contributed by atoms with Gasteiger partial charge in [-0.3, -0.25) is 9.78 Å². The zero-order valence-electron chi connectivity index (χ0n) is 5.60. The van der Waals surface area contributed by atoms with Gasteiger partial charge >= 0.3 is 0 Å². The molecule has 0 aliphatic carbocycles. The van der Waals surface area contributed by atoms with Gasteiger partial charge in [-0.25, -0.2) is 0 Å². The van der Waals surface area contributed by atoms with E-state index in [-0.39, 0.29) is 5.56 Å². The second-order valence-electron chi connectivity index (χ2n) is 1.97. The Balaban J connectivity index is 3.33. The summed E-state index contributed by atoms with van der Waals surface area (Å²) in [7, 11) is 0. The number of aromatic nitrogens is 2. The minimum atomic E-state index is -0.138. The molecular weight excluding hydrogens is 148 g/mol. The van der Waals surface area contributed by atoms with Crippen molar-refractivity contribution in [2.45, 2.75) is 13.3 Å². The Bertz CT molecular complexity index is 297. The molecule has 0 radical (unpaired) electrons. The van der Waals surface area contributed by atoms with E-state index >= 15 is 0 Å². The van der Waals surface area contributed by atoms with Gasteiger partial charge in [0.15, 0.2) is 4.77 Å². The van der Waals surface area contributed by atoms with E-state index in [1.165, 1.54) is 6.07 Å². The van der Waals surface area contributed by atoms with Gasteiger partial charge in [0.05, 0.1) is 0 Å². The minimum Gasteiger partial charge on any atom is -0.336 e. The zero-order valence-corrected chi connectivity index (χ0v) is 6.42. The van der Waals surface area contributed by atoms with Crippen molar-refractivity contribution in [1.29, 1.82) is 0 Å². The molecule has 54 valence electrons. The van der Waals surface area contributed by atoms with E-state index in [0.717, 1.165) is 12.1 Å². The Morgan fingerprint density at radius 2 is 2.30 bits per heavy atom. The third-order valence-corrected chi connectivity index (χ3v) is 1.40. The van der Waals surface area contributed by atoms with Crippen molar-refractivity contribution in [1.82, 2.24) is 9.97 Å². The van der Waals surface area contributed by atoms with Crippen LogP contribution in [-0.2, 0) is 6.42 Å². The summed E-state index contributed by atoms with van der Waals surface area (Å²) < 4.78 is 0.393. The first-order valence-corrected chi connectivity index (χ1v) is 3.45. The first-order chi connectivity index (χ1) is 4.72. The van der Waals surface area contributed by atoms with Crippen molar-refractivity contribution in [3.63, 3.8) is 0 Å². The summed E-state index contributed by atoms with van der Waals surface area (Å²) in [6, 6.07) is 1.51. The zero-order chi connectivity index (χ0) is 7.56. The average molecular weight is 156 g/mol. The number of hydrogen-bond acceptors (Lipinski definition) is 2. The maximum Gasteiger partial charge on any atom is 0.251 e. The fraction of sp³-hybridized carbons (Fsp3) is 0.333. The van der Waals surface area contributed by atoms with Crippen LogP contribution < -0.4 is 5.56 Å². The summed E-state index contributed by atoms with van der Waals surface area (Å²) in [5.41, 5.74) is 0.731. The lowest BCUT2D eigenvalue weighted by molar-refractivity contribution is 0.964. The molecule has 1 aromatic rings. The van der Waals surface area contributed by atoms with Crippen LogP contribution in [0.4, 0.5) is 0 Å². The number of aromatic amines is 2. The molecule has 4 heteroatoms. The Morgan fingerprint density at radius 1 is 1.60 bits per heavy atom. The average Bonchev–Trinajstić information content (AvgIpc) is 1.85. The predicted molar refractivity (Wildman–Crippen MR) is 41.6 cm³/mol. The lowest BCUT2D eigenvalue weighted by atomic mass is 10.3. The Labute approximate surface area is 63.1 Å². The molecule has 1 aromatic heterocycles. The smallest absolute Gasteiger partial charge is 0.251 e. The molecule has 0 aromatic carbocycles. The molecule has 0 aliphatic heterocycles. The highest BCUT2D eigenvalue weighted by Crippen LogP contribution is 1.87. The van der Waals surface area contributed by atoms with E-state index in [1.54, 1.807) is 0 Å². The van der Waals surface area contributed by atoms with E-state index in [0.29, 0.717) is 4.77 Å². The van der Waals surface area contributed by atoms with Crippen molar-refractivity contribution in [2.24, 2.45) is 0 Å². The summed E-state index contributed by atoms with van der Waals surface area (Å²) in [5.74, 6) is 0. The van der Waals surface area contributed by atoms with E-state index in [4.69, 9.17) is 12.2 Å².